The predicted molar refractivity (Wildman–Crippen MR) is 80.3 cm³/mol. The minimum Gasteiger partial charge on any atom is -0.478 e. The molecule has 0 atom stereocenters. The average molecular weight is 339 g/mol. The largest absolute Gasteiger partial charge is 0.478 e. The van der Waals surface area contributed by atoms with Gasteiger partial charge in [-0.2, -0.15) is 0 Å². The van der Waals surface area contributed by atoms with Crippen LogP contribution in [0.4, 0.5) is 0 Å². The zero-order valence-electron chi connectivity index (χ0n) is 10.8. The van der Waals surface area contributed by atoms with Gasteiger partial charge in [0.2, 0.25) is 0 Å². The van der Waals surface area contributed by atoms with Gasteiger partial charge in [-0.25, -0.2) is 9.59 Å². The SMILES string of the molecule is O=C(O)c1ccc(C(=O)c2ccc(Cl)cc2Cl)c(C(=O)O)c1. The summed E-state index contributed by atoms with van der Waals surface area (Å²) < 4.78 is 0. The van der Waals surface area contributed by atoms with Gasteiger partial charge in [0.15, 0.2) is 5.78 Å². The van der Waals surface area contributed by atoms with E-state index in [1.165, 1.54) is 18.2 Å². The smallest absolute Gasteiger partial charge is 0.336 e. The number of carbonyl (C=O) groups excluding carboxylic acids is 1. The average Bonchev–Trinajstić information content (AvgIpc) is 2.45. The molecule has 0 spiro atoms. The molecule has 2 rings (SSSR count). The third-order valence-corrected chi connectivity index (χ3v) is 3.47. The lowest BCUT2D eigenvalue weighted by Gasteiger charge is -2.08. The molecule has 0 saturated heterocycles. The summed E-state index contributed by atoms with van der Waals surface area (Å²) in [6.07, 6.45) is 0. The highest BCUT2D eigenvalue weighted by molar-refractivity contribution is 6.37. The summed E-state index contributed by atoms with van der Waals surface area (Å²) in [6.45, 7) is 0. The van der Waals surface area contributed by atoms with Crippen molar-refractivity contribution in [1.82, 2.24) is 0 Å². The topological polar surface area (TPSA) is 91.7 Å². The molecule has 22 heavy (non-hydrogen) atoms. The molecule has 0 unspecified atom stereocenters. The van der Waals surface area contributed by atoms with Crippen molar-refractivity contribution in [2.75, 3.05) is 0 Å². The lowest BCUT2D eigenvalue weighted by Crippen LogP contribution is -2.12. The molecule has 0 bridgehead atoms. The van der Waals surface area contributed by atoms with E-state index in [4.69, 9.17) is 28.3 Å². The number of halogens is 2. The quantitative estimate of drug-likeness (QED) is 0.830. The molecule has 0 aliphatic carbocycles. The van der Waals surface area contributed by atoms with E-state index in [0.717, 1.165) is 18.2 Å². The van der Waals surface area contributed by atoms with Crippen LogP contribution in [0.5, 0.6) is 0 Å². The van der Waals surface area contributed by atoms with Crippen LogP contribution in [0.25, 0.3) is 0 Å². The molecule has 112 valence electrons. The van der Waals surface area contributed by atoms with Gasteiger partial charge in [-0.3, -0.25) is 4.79 Å². The second kappa shape index (κ2) is 6.17. The first-order valence-corrected chi connectivity index (χ1v) is 6.67. The van der Waals surface area contributed by atoms with Crippen LogP contribution in [0.3, 0.4) is 0 Å². The van der Waals surface area contributed by atoms with Crippen LogP contribution < -0.4 is 0 Å². The number of hydrogen-bond donors (Lipinski definition) is 2. The fourth-order valence-corrected chi connectivity index (χ4v) is 2.37. The van der Waals surface area contributed by atoms with Crippen LogP contribution in [0.15, 0.2) is 36.4 Å². The van der Waals surface area contributed by atoms with Crippen LogP contribution in [0, 0.1) is 0 Å². The second-order valence-corrected chi connectivity index (χ2v) is 5.17. The first kappa shape index (κ1) is 16.0. The second-order valence-electron chi connectivity index (χ2n) is 4.32. The van der Waals surface area contributed by atoms with Gasteiger partial charge in [0.25, 0.3) is 0 Å². The molecule has 0 saturated carbocycles. The van der Waals surface area contributed by atoms with E-state index >= 15 is 0 Å². The molecule has 2 N–H and O–H groups in total. The fraction of sp³-hybridized carbons (Fsp3) is 0. The van der Waals surface area contributed by atoms with E-state index < -0.39 is 23.3 Å². The zero-order chi connectivity index (χ0) is 16.4. The summed E-state index contributed by atoms with van der Waals surface area (Å²) in [5.41, 5.74) is -0.703. The van der Waals surface area contributed by atoms with Crippen molar-refractivity contribution in [2.24, 2.45) is 0 Å². The van der Waals surface area contributed by atoms with Crippen molar-refractivity contribution >= 4 is 40.9 Å². The highest BCUT2D eigenvalue weighted by Gasteiger charge is 2.21. The van der Waals surface area contributed by atoms with Gasteiger partial charge in [-0.1, -0.05) is 23.2 Å². The third kappa shape index (κ3) is 3.10. The molecule has 5 nitrogen and oxygen atoms in total. The monoisotopic (exact) mass is 338 g/mol. The summed E-state index contributed by atoms with van der Waals surface area (Å²) in [4.78, 5) is 34.6. The van der Waals surface area contributed by atoms with Gasteiger partial charge in [0, 0.05) is 16.1 Å². The number of carbonyl (C=O) groups is 3. The van der Waals surface area contributed by atoms with E-state index in [2.05, 4.69) is 0 Å². The first-order chi connectivity index (χ1) is 10.3. The molecule has 0 heterocycles. The Balaban J connectivity index is 2.58. The maximum atomic E-state index is 12.4. The van der Waals surface area contributed by atoms with E-state index in [9.17, 15) is 19.5 Å². The Morgan fingerprint density at radius 3 is 1.95 bits per heavy atom. The van der Waals surface area contributed by atoms with Gasteiger partial charge in [0.1, 0.15) is 0 Å². The van der Waals surface area contributed by atoms with Crippen molar-refractivity contribution in [2.45, 2.75) is 0 Å². The lowest BCUT2D eigenvalue weighted by molar-refractivity contribution is 0.0692. The van der Waals surface area contributed by atoms with Crippen molar-refractivity contribution in [3.63, 3.8) is 0 Å². The number of carboxylic acids is 2. The van der Waals surface area contributed by atoms with Gasteiger partial charge in [-0.15, -0.1) is 0 Å². The molecule has 2 aromatic rings. The highest BCUT2D eigenvalue weighted by atomic mass is 35.5. The third-order valence-electron chi connectivity index (χ3n) is 2.92. The molecular formula is C15H8Cl2O5. The normalized spacial score (nSPS) is 10.3. The van der Waals surface area contributed by atoms with Crippen LogP contribution >= 0.6 is 23.2 Å². The van der Waals surface area contributed by atoms with Gasteiger partial charge in [-0.05, 0) is 36.4 Å². The zero-order valence-corrected chi connectivity index (χ0v) is 12.4. The van der Waals surface area contributed by atoms with E-state index in [1.54, 1.807) is 0 Å². The van der Waals surface area contributed by atoms with Gasteiger partial charge >= 0.3 is 11.9 Å². The lowest BCUT2D eigenvalue weighted by atomic mass is 9.96. The molecular weight excluding hydrogens is 331 g/mol. The maximum Gasteiger partial charge on any atom is 0.336 e. The number of ketones is 1. The number of rotatable bonds is 4. The summed E-state index contributed by atoms with van der Waals surface area (Å²) in [7, 11) is 0. The predicted octanol–water partition coefficient (Wildman–Crippen LogP) is 3.62. The molecule has 2 aromatic carbocycles. The number of carboxylic acid groups (broad SMARTS) is 2. The minimum atomic E-state index is -1.41. The molecule has 7 heteroatoms. The summed E-state index contributed by atoms with van der Waals surface area (Å²) in [5, 5.41) is 18.5. The summed E-state index contributed by atoms with van der Waals surface area (Å²) >= 11 is 11.7. The van der Waals surface area contributed by atoms with Crippen molar-refractivity contribution in [1.29, 1.82) is 0 Å². The number of benzene rings is 2. The Labute approximate surface area is 134 Å². The van der Waals surface area contributed by atoms with Crippen LogP contribution in [-0.4, -0.2) is 27.9 Å². The Kier molecular flexibility index (Phi) is 4.49. The Bertz CT molecular complexity index is 799. The molecule has 0 aliphatic heterocycles. The van der Waals surface area contributed by atoms with Crippen LogP contribution in [0.2, 0.25) is 10.0 Å². The maximum absolute atomic E-state index is 12.4. The molecule has 0 aromatic heterocycles. The summed E-state index contributed by atoms with van der Waals surface area (Å²) in [6, 6.07) is 7.44. The van der Waals surface area contributed by atoms with Gasteiger partial charge < -0.3 is 10.2 Å². The number of aromatic carboxylic acids is 2. The molecule has 0 radical (unpaired) electrons. The Hall–Kier alpha value is -2.37. The molecule has 0 fully saturated rings. The van der Waals surface area contributed by atoms with Crippen LogP contribution in [-0.2, 0) is 0 Å². The van der Waals surface area contributed by atoms with Crippen molar-refractivity contribution < 1.29 is 24.6 Å². The Morgan fingerprint density at radius 2 is 1.41 bits per heavy atom. The summed E-state index contributed by atoms with van der Waals surface area (Å²) in [5.74, 6) is -3.32. The fourth-order valence-electron chi connectivity index (χ4n) is 1.87. The minimum absolute atomic E-state index is 0.0798. The van der Waals surface area contributed by atoms with Gasteiger partial charge in [0.05, 0.1) is 16.1 Å². The van der Waals surface area contributed by atoms with E-state index in [1.807, 2.05) is 0 Å². The van der Waals surface area contributed by atoms with Crippen LogP contribution in [0.1, 0.15) is 36.6 Å². The number of hydrogen-bond acceptors (Lipinski definition) is 3. The van der Waals surface area contributed by atoms with Crippen molar-refractivity contribution in [3.05, 3.63) is 68.7 Å². The van der Waals surface area contributed by atoms with E-state index in [0.29, 0.717) is 5.02 Å². The Morgan fingerprint density at radius 1 is 0.773 bits per heavy atom. The standard InChI is InChI=1S/C15H8Cl2O5/c16-8-2-4-10(12(17)6-8)13(18)9-3-1-7(14(19)20)5-11(9)15(21)22/h1-6H,(H,19,20)(H,21,22). The molecule has 0 aliphatic rings. The molecule has 0 amide bonds. The van der Waals surface area contributed by atoms with Crippen molar-refractivity contribution in [3.8, 4) is 0 Å². The highest BCUT2D eigenvalue weighted by Crippen LogP contribution is 2.25. The van der Waals surface area contributed by atoms with E-state index in [-0.39, 0.29) is 21.7 Å². The first-order valence-electron chi connectivity index (χ1n) is 5.91.